The number of halogens is 1. The van der Waals surface area contributed by atoms with Crippen LogP contribution in [0.3, 0.4) is 0 Å². The number of methoxy groups -OCH3 is 2. The highest BCUT2D eigenvalue weighted by atomic mass is 79.9. The molecule has 0 amide bonds. The molecule has 0 spiro atoms. The third-order valence-corrected chi connectivity index (χ3v) is 8.26. The molecule has 2 heterocycles. The van der Waals surface area contributed by atoms with Crippen LogP contribution in [0.5, 0.6) is 11.5 Å². The van der Waals surface area contributed by atoms with Crippen LogP contribution in [0.4, 0.5) is 0 Å². The minimum atomic E-state index is -0.220. The molecule has 2 aliphatic rings. The number of rotatable bonds is 4. The van der Waals surface area contributed by atoms with E-state index in [1.165, 1.54) is 22.5 Å². The molecule has 0 saturated carbocycles. The first-order chi connectivity index (χ1) is 17.6. The molecule has 1 atom stereocenters. The van der Waals surface area contributed by atoms with E-state index in [0.29, 0.717) is 15.1 Å². The molecule has 0 saturated heterocycles. The molecular weight excluding hydrogens is 536 g/mol. The van der Waals surface area contributed by atoms with E-state index in [2.05, 4.69) is 52.3 Å². The highest BCUT2D eigenvalue weighted by Crippen LogP contribution is 2.41. The molecule has 3 aromatic carbocycles. The maximum atomic E-state index is 13.9. The van der Waals surface area contributed by atoms with E-state index < -0.39 is 0 Å². The van der Waals surface area contributed by atoms with Gasteiger partial charge in [0, 0.05) is 15.6 Å². The van der Waals surface area contributed by atoms with Crippen molar-refractivity contribution in [2.24, 2.45) is 4.99 Å². The van der Waals surface area contributed by atoms with Crippen LogP contribution < -0.4 is 24.4 Å². The number of fused-ring (bicyclic) bond motifs is 3. The molecule has 1 aliphatic heterocycles. The standard InChI is InChI=1S/C29H23BrN2O3S/c1-34-21-11-7-18(8-12-21)27-23-13-9-17-5-3-4-6-22(17)26(23)31-29-32(27)28(33)25(36-29)16-19-15-20(30)10-14-24(19)35-2/h3-8,10-12,14-16,27H,9,13H2,1-2H3/b25-16+/t27-/m1/s1. The highest BCUT2D eigenvalue weighted by Gasteiger charge is 2.32. The van der Waals surface area contributed by atoms with Gasteiger partial charge in [0.1, 0.15) is 11.5 Å². The Labute approximate surface area is 220 Å². The molecule has 6 rings (SSSR count). The van der Waals surface area contributed by atoms with Gasteiger partial charge < -0.3 is 9.47 Å². The number of ether oxygens (including phenoxy) is 2. The van der Waals surface area contributed by atoms with Crippen molar-refractivity contribution >= 4 is 39.0 Å². The van der Waals surface area contributed by atoms with Crippen molar-refractivity contribution < 1.29 is 9.47 Å². The molecule has 1 aromatic heterocycles. The molecule has 0 fully saturated rings. The first-order valence-corrected chi connectivity index (χ1v) is 13.3. The Balaban J connectivity index is 1.61. The highest BCUT2D eigenvalue weighted by molar-refractivity contribution is 9.10. The van der Waals surface area contributed by atoms with Crippen molar-refractivity contribution in [2.45, 2.75) is 18.9 Å². The largest absolute Gasteiger partial charge is 0.497 e. The number of aromatic nitrogens is 1. The summed E-state index contributed by atoms with van der Waals surface area (Å²) in [6.07, 6.45) is 3.68. The van der Waals surface area contributed by atoms with Crippen molar-refractivity contribution in [2.75, 3.05) is 14.2 Å². The zero-order valence-electron chi connectivity index (χ0n) is 19.8. The SMILES string of the molecule is COc1ccc([C@@H]2C3=C(N=c4s/c(=C/c5cc(Br)ccc5OC)c(=O)n42)c2ccccc2CC3)cc1. The fraction of sp³-hybridized carbons (Fsp3) is 0.172. The minimum Gasteiger partial charge on any atom is -0.497 e. The fourth-order valence-corrected chi connectivity index (χ4v) is 6.44. The lowest BCUT2D eigenvalue weighted by Crippen LogP contribution is -2.38. The van der Waals surface area contributed by atoms with Gasteiger partial charge in [0.05, 0.1) is 30.5 Å². The predicted octanol–water partition coefficient (Wildman–Crippen LogP) is 5.10. The summed E-state index contributed by atoms with van der Waals surface area (Å²) in [7, 11) is 3.30. The summed E-state index contributed by atoms with van der Waals surface area (Å²) in [5.41, 5.74) is 6.46. The Hall–Kier alpha value is -3.42. The first-order valence-electron chi connectivity index (χ1n) is 11.7. The molecular formula is C29H23BrN2O3S. The van der Waals surface area contributed by atoms with Crippen molar-refractivity contribution in [1.82, 2.24) is 4.57 Å². The molecule has 180 valence electrons. The summed E-state index contributed by atoms with van der Waals surface area (Å²) in [6.45, 7) is 0. The summed E-state index contributed by atoms with van der Waals surface area (Å²) in [5.74, 6) is 1.50. The Bertz CT molecular complexity index is 1700. The van der Waals surface area contributed by atoms with E-state index in [0.717, 1.165) is 45.5 Å². The van der Waals surface area contributed by atoms with Crippen molar-refractivity contribution in [3.63, 3.8) is 0 Å². The number of aryl methyl sites for hydroxylation is 1. The third-order valence-electron chi connectivity index (χ3n) is 6.78. The molecule has 0 N–H and O–H groups in total. The summed E-state index contributed by atoms with van der Waals surface area (Å²) in [6, 6.07) is 22.0. The predicted molar refractivity (Wildman–Crippen MR) is 146 cm³/mol. The average molecular weight is 559 g/mol. The van der Waals surface area contributed by atoms with Gasteiger partial charge in [-0.3, -0.25) is 9.36 Å². The summed E-state index contributed by atoms with van der Waals surface area (Å²) in [4.78, 5) is 19.7. The van der Waals surface area contributed by atoms with Gasteiger partial charge in [-0.15, -0.1) is 0 Å². The fourth-order valence-electron chi connectivity index (χ4n) is 5.07. The molecule has 7 heteroatoms. The molecule has 5 nitrogen and oxygen atoms in total. The maximum Gasteiger partial charge on any atom is 0.271 e. The Morgan fingerprint density at radius 1 is 1.03 bits per heavy atom. The van der Waals surface area contributed by atoms with Gasteiger partial charge >= 0.3 is 0 Å². The van der Waals surface area contributed by atoms with Gasteiger partial charge in [0.25, 0.3) is 5.56 Å². The van der Waals surface area contributed by atoms with E-state index in [-0.39, 0.29) is 11.6 Å². The summed E-state index contributed by atoms with van der Waals surface area (Å²) in [5, 5.41) is 0. The minimum absolute atomic E-state index is 0.0491. The number of hydrogen-bond acceptors (Lipinski definition) is 5. The molecule has 4 aromatic rings. The van der Waals surface area contributed by atoms with Crippen LogP contribution in [0, 0.1) is 0 Å². The Kier molecular flexibility index (Phi) is 5.90. The van der Waals surface area contributed by atoms with Gasteiger partial charge in [-0.25, -0.2) is 4.99 Å². The smallest absolute Gasteiger partial charge is 0.271 e. The van der Waals surface area contributed by atoms with Crippen molar-refractivity contribution in [3.8, 4) is 11.5 Å². The monoisotopic (exact) mass is 558 g/mol. The van der Waals surface area contributed by atoms with Crippen LogP contribution >= 0.6 is 27.3 Å². The zero-order valence-corrected chi connectivity index (χ0v) is 22.2. The van der Waals surface area contributed by atoms with E-state index in [9.17, 15) is 4.79 Å². The number of hydrogen-bond donors (Lipinski definition) is 0. The maximum absolute atomic E-state index is 13.9. The van der Waals surface area contributed by atoms with Crippen molar-refractivity contribution in [3.05, 3.63) is 119 Å². The number of thiazole rings is 1. The molecule has 1 aliphatic carbocycles. The van der Waals surface area contributed by atoms with Gasteiger partial charge in [0.15, 0.2) is 4.80 Å². The van der Waals surface area contributed by atoms with Crippen LogP contribution in [0.15, 0.2) is 86.6 Å². The van der Waals surface area contributed by atoms with Crippen LogP contribution in [0.2, 0.25) is 0 Å². The third kappa shape index (κ3) is 3.83. The summed E-state index contributed by atoms with van der Waals surface area (Å²) >= 11 is 4.95. The van der Waals surface area contributed by atoms with Gasteiger partial charge in [-0.05, 0) is 65.9 Å². The van der Waals surface area contributed by atoms with Gasteiger partial charge in [0.2, 0.25) is 0 Å². The quantitative estimate of drug-likeness (QED) is 0.350. The van der Waals surface area contributed by atoms with E-state index in [4.69, 9.17) is 14.5 Å². The molecule has 0 bridgehead atoms. The van der Waals surface area contributed by atoms with Crippen LogP contribution in [-0.2, 0) is 6.42 Å². The van der Waals surface area contributed by atoms with Crippen LogP contribution in [0.1, 0.15) is 34.7 Å². The van der Waals surface area contributed by atoms with Crippen LogP contribution in [0.25, 0.3) is 11.8 Å². The van der Waals surface area contributed by atoms with Gasteiger partial charge in [-0.1, -0.05) is 63.7 Å². The number of allylic oxidation sites excluding steroid dienone is 1. The lowest BCUT2D eigenvalue weighted by Gasteiger charge is -2.30. The van der Waals surface area contributed by atoms with E-state index in [1.807, 2.05) is 41.0 Å². The zero-order chi connectivity index (χ0) is 24.8. The molecule has 0 radical (unpaired) electrons. The number of nitrogens with zero attached hydrogens (tertiary/aromatic N) is 2. The second-order valence-corrected chi connectivity index (χ2v) is 10.7. The second-order valence-electron chi connectivity index (χ2n) is 8.77. The molecule has 36 heavy (non-hydrogen) atoms. The lowest BCUT2D eigenvalue weighted by atomic mass is 9.83. The van der Waals surface area contributed by atoms with Gasteiger partial charge in [-0.2, -0.15) is 0 Å². The lowest BCUT2D eigenvalue weighted by molar-refractivity contribution is 0.413. The normalized spacial score (nSPS) is 16.6. The Morgan fingerprint density at radius 3 is 2.61 bits per heavy atom. The average Bonchev–Trinajstić information content (AvgIpc) is 3.22. The van der Waals surface area contributed by atoms with Crippen LogP contribution in [-0.4, -0.2) is 18.8 Å². The molecule has 0 unspecified atom stereocenters. The second kappa shape index (κ2) is 9.22. The first kappa shape index (κ1) is 23.0. The van der Waals surface area contributed by atoms with E-state index >= 15 is 0 Å². The summed E-state index contributed by atoms with van der Waals surface area (Å²) < 4.78 is 14.3. The number of benzene rings is 3. The topological polar surface area (TPSA) is 52.8 Å². The van der Waals surface area contributed by atoms with Crippen molar-refractivity contribution in [1.29, 1.82) is 0 Å². The van der Waals surface area contributed by atoms with E-state index in [1.54, 1.807) is 14.2 Å². The Morgan fingerprint density at radius 2 is 1.83 bits per heavy atom.